The molecule has 1 aliphatic rings. The van der Waals surface area contributed by atoms with E-state index in [2.05, 4.69) is 4.72 Å². The molecule has 16 heavy (non-hydrogen) atoms. The van der Waals surface area contributed by atoms with E-state index in [0.717, 1.165) is 25.7 Å². The average Bonchev–Trinajstić information content (AvgIpc) is 2.26. The fourth-order valence-electron chi connectivity index (χ4n) is 2.13. The van der Waals surface area contributed by atoms with Crippen LogP contribution in [0.1, 0.15) is 45.4 Å². The van der Waals surface area contributed by atoms with Gasteiger partial charge in [0.05, 0.1) is 11.8 Å². The van der Waals surface area contributed by atoms with Crippen LogP contribution in [0.3, 0.4) is 0 Å². The Labute approximate surface area is 98.1 Å². The van der Waals surface area contributed by atoms with Gasteiger partial charge in [0.1, 0.15) is 6.04 Å². The Morgan fingerprint density at radius 2 is 2.00 bits per heavy atom. The van der Waals surface area contributed by atoms with Crippen LogP contribution in [-0.2, 0) is 10.0 Å². The molecule has 4 nitrogen and oxygen atoms in total. The second kappa shape index (κ2) is 6.21. The molecule has 0 radical (unpaired) electrons. The van der Waals surface area contributed by atoms with Gasteiger partial charge in [-0.15, -0.1) is 0 Å². The van der Waals surface area contributed by atoms with Crippen molar-refractivity contribution in [2.75, 3.05) is 5.75 Å². The van der Waals surface area contributed by atoms with Gasteiger partial charge in [0.25, 0.3) is 0 Å². The van der Waals surface area contributed by atoms with Gasteiger partial charge in [0.15, 0.2) is 0 Å². The molecule has 0 aromatic rings. The Bertz CT molecular complexity index is 339. The summed E-state index contributed by atoms with van der Waals surface area (Å²) < 4.78 is 26.0. The number of sulfonamides is 1. The molecule has 0 bridgehead atoms. The third kappa shape index (κ3) is 4.50. The van der Waals surface area contributed by atoms with Crippen LogP contribution < -0.4 is 4.72 Å². The van der Waals surface area contributed by atoms with Gasteiger partial charge in [-0.2, -0.15) is 9.98 Å². The molecule has 1 atom stereocenters. The normalized spacial score (nSPS) is 20.2. The predicted molar refractivity (Wildman–Crippen MR) is 63.2 cm³/mol. The maximum atomic E-state index is 11.8. The molecule has 1 unspecified atom stereocenters. The Hall–Kier alpha value is -0.600. The van der Waals surface area contributed by atoms with Crippen LogP contribution in [0.25, 0.3) is 0 Å². The van der Waals surface area contributed by atoms with Crippen molar-refractivity contribution in [1.82, 2.24) is 4.72 Å². The maximum Gasteiger partial charge on any atom is 0.213 e. The summed E-state index contributed by atoms with van der Waals surface area (Å²) in [5, 5.41) is 8.72. The molecule has 1 fully saturated rings. The van der Waals surface area contributed by atoms with E-state index in [1.165, 1.54) is 6.42 Å². The summed E-state index contributed by atoms with van der Waals surface area (Å²) in [6, 6.07) is 1.38. The molecule has 0 aliphatic heterocycles. The van der Waals surface area contributed by atoms with Crippen LogP contribution in [0.5, 0.6) is 0 Å². The summed E-state index contributed by atoms with van der Waals surface area (Å²) in [6.07, 6.45) is 6.01. The highest BCUT2D eigenvalue weighted by Crippen LogP contribution is 2.24. The molecule has 92 valence electrons. The van der Waals surface area contributed by atoms with Gasteiger partial charge in [0, 0.05) is 0 Å². The lowest BCUT2D eigenvalue weighted by Gasteiger charge is -2.21. The summed E-state index contributed by atoms with van der Waals surface area (Å²) in [5.74, 6) is 0.466. The van der Waals surface area contributed by atoms with Crippen LogP contribution in [0.2, 0.25) is 0 Å². The van der Waals surface area contributed by atoms with Gasteiger partial charge in [-0.05, 0) is 25.2 Å². The Kier molecular flexibility index (Phi) is 5.23. The highest BCUT2D eigenvalue weighted by molar-refractivity contribution is 7.89. The first-order valence-corrected chi connectivity index (χ1v) is 7.62. The third-order valence-corrected chi connectivity index (χ3v) is 4.62. The fraction of sp³-hybridized carbons (Fsp3) is 0.909. The maximum absolute atomic E-state index is 11.8. The minimum absolute atomic E-state index is 0.186. The summed E-state index contributed by atoms with van der Waals surface area (Å²) >= 11 is 0. The van der Waals surface area contributed by atoms with E-state index in [1.54, 1.807) is 6.92 Å². The molecule has 0 aromatic heterocycles. The van der Waals surface area contributed by atoms with Gasteiger partial charge in [0.2, 0.25) is 10.0 Å². The first kappa shape index (κ1) is 13.5. The number of hydrogen-bond acceptors (Lipinski definition) is 3. The van der Waals surface area contributed by atoms with Gasteiger partial charge in [-0.25, -0.2) is 8.42 Å². The van der Waals surface area contributed by atoms with Gasteiger partial charge in [-0.1, -0.05) is 26.2 Å². The highest BCUT2D eigenvalue weighted by Gasteiger charge is 2.23. The molecule has 1 rings (SSSR count). The number of nitrogens with one attached hydrogen (secondary N) is 1. The van der Waals surface area contributed by atoms with E-state index in [9.17, 15) is 8.42 Å². The lowest BCUT2D eigenvalue weighted by atomic mass is 9.91. The van der Waals surface area contributed by atoms with Crippen LogP contribution >= 0.6 is 0 Å². The molecular formula is C11H20N2O2S. The van der Waals surface area contributed by atoms with Crippen LogP contribution in [0.15, 0.2) is 0 Å². The van der Waals surface area contributed by atoms with E-state index in [4.69, 9.17) is 5.26 Å². The first-order chi connectivity index (χ1) is 7.57. The molecule has 1 saturated carbocycles. The molecule has 1 N–H and O–H groups in total. The lowest BCUT2D eigenvalue weighted by molar-refractivity contribution is 0.383. The molecule has 0 heterocycles. The standard InChI is InChI=1S/C11H20N2O2S/c1-2-11(8-12)13-16(14,15)9-10-6-4-3-5-7-10/h10-11,13H,2-7,9H2,1H3. The van der Waals surface area contributed by atoms with Crippen LogP contribution in [0, 0.1) is 17.2 Å². The largest absolute Gasteiger partial charge is 0.213 e. The van der Waals surface area contributed by atoms with Gasteiger partial charge < -0.3 is 0 Å². The topological polar surface area (TPSA) is 70.0 Å². The SMILES string of the molecule is CCC(C#N)NS(=O)(=O)CC1CCCCC1. The Balaban J connectivity index is 2.47. The van der Waals surface area contributed by atoms with Crippen molar-refractivity contribution in [2.45, 2.75) is 51.5 Å². The summed E-state index contributed by atoms with van der Waals surface area (Å²) in [7, 11) is -3.28. The molecule has 0 amide bonds. The minimum Gasteiger partial charge on any atom is -0.212 e. The second-order valence-electron chi connectivity index (χ2n) is 4.49. The van der Waals surface area contributed by atoms with Gasteiger partial charge >= 0.3 is 0 Å². The zero-order chi connectivity index (χ0) is 12.0. The highest BCUT2D eigenvalue weighted by atomic mass is 32.2. The van der Waals surface area contributed by atoms with E-state index < -0.39 is 16.1 Å². The first-order valence-electron chi connectivity index (χ1n) is 5.97. The monoisotopic (exact) mass is 244 g/mol. The lowest BCUT2D eigenvalue weighted by Crippen LogP contribution is -2.37. The Morgan fingerprint density at radius 1 is 1.38 bits per heavy atom. The van der Waals surface area contributed by atoms with Crippen molar-refractivity contribution in [3.8, 4) is 6.07 Å². The van der Waals surface area contributed by atoms with E-state index >= 15 is 0 Å². The Morgan fingerprint density at radius 3 is 2.50 bits per heavy atom. The summed E-state index contributed by atoms with van der Waals surface area (Å²) in [5.41, 5.74) is 0. The van der Waals surface area contributed by atoms with Crippen LogP contribution in [-0.4, -0.2) is 20.2 Å². The predicted octanol–water partition coefficient (Wildman–Crippen LogP) is 1.79. The molecule has 0 saturated heterocycles. The minimum atomic E-state index is -3.28. The second-order valence-corrected chi connectivity index (χ2v) is 6.29. The smallest absolute Gasteiger partial charge is 0.212 e. The van der Waals surface area contributed by atoms with E-state index in [1.807, 2.05) is 6.07 Å². The molecular weight excluding hydrogens is 224 g/mol. The molecule has 5 heteroatoms. The molecule has 0 aromatic carbocycles. The van der Waals surface area contributed by atoms with E-state index in [-0.39, 0.29) is 11.7 Å². The quantitative estimate of drug-likeness (QED) is 0.801. The van der Waals surface area contributed by atoms with Crippen LogP contribution in [0.4, 0.5) is 0 Å². The number of hydrogen-bond donors (Lipinski definition) is 1. The van der Waals surface area contributed by atoms with E-state index in [0.29, 0.717) is 6.42 Å². The average molecular weight is 244 g/mol. The van der Waals surface area contributed by atoms with Crippen molar-refractivity contribution >= 4 is 10.0 Å². The zero-order valence-electron chi connectivity index (χ0n) is 9.78. The fourth-order valence-corrected chi connectivity index (χ4v) is 3.83. The van der Waals surface area contributed by atoms with Gasteiger partial charge in [-0.3, -0.25) is 0 Å². The van der Waals surface area contributed by atoms with Crippen molar-refractivity contribution in [1.29, 1.82) is 5.26 Å². The zero-order valence-corrected chi connectivity index (χ0v) is 10.6. The van der Waals surface area contributed by atoms with Crippen molar-refractivity contribution in [2.24, 2.45) is 5.92 Å². The van der Waals surface area contributed by atoms with Crippen molar-refractivity contribution in [3.63, 3.8) is 0 Å². The number of nitrogens with zero attached hydrogens (tertiary/aromatic N) is 1. The summed E-state index contributed by atoms with van der Waals surface area (Å²) in [4.78, 5) is 0. The number of rotatable bonds is 5. The third-order valence-electron chi connectivity index (χ3n) is 3.07. The molecule has 0 spiro atoms. The number of nitriles is 1. The van der Waals surface area contributed by atoms with Crippen molar-refractivity contribution < 1.29 is 8.42 Å². The summed E-state index contributed by atoms with van der Waals surface area (Å²) in [6.45, 7) is 1.80. The molecule has 1 aliphatic carbocycles. The van der Waals surface area contributed by atoms with Crippen molar-refractivity contribution in [3.05, 3.63) is 0 Å².